The number of allylic oxidation sites excluding steroid dienone is 1. The van der Waals surface area contributed by atoms with Crippen LogP contribution in [0.4, 0.5) is 14.5 Å². The molecular weight excluding hydrogens is 296 g/mol. The Morgan fingerprint density at radius 2 is 1.59 bits per heavy atom. The average Bonchev–Trinajstić information content (AvgIpc) is 2.43. The number of ether oxygens (including phenoxy) is 2. The molecule has 0 atom stereocenters. The van der Waals surface area contributed by atoms with E-state index in [1.165, 1.54) is 13.0 Å². The molecule has 0 radical (unpaired) electrons. The quantitative estimate of drug-likeness (QED) is 0.379. The highest BCUT2D eigenvalue weighted by atomic mass is 19.2. The van der Waals surface area contributed by atoms with E-state index in [0.717, 1.165) is 12.1 Å². The van der Waals surface area contributed by atoms with Crippen LogP contribution in [0, 0.1) is 11.6 Å². The van der Waals surface area contributed by atoms with Crippen molar-refractivity contribution in [3.8, 4) is 0 Å². The molecule has 0 unspecified atom stereocenters. The minimum Gasteiger partial charge on any atom is -0.462 e. The molecule has 1 rings (SSSR count). The first-order valence-electron chi connectivity index (χ1n) is 6.67. The highest BCUT2D eigenvalue weighted by Gasteiger charge is 2.24. The maximum Gasteiger partial charge on any atom is 0.347 e. The number of anilines is 1. The van der Waals surface area contributed by atoms with E-state index in [4.69, 9.17) is 9.47 Å². The van der Waals surface area contributed by atoms with Crippen molar-refractivity contribution in [1.82, 2.24) is 0 Å². The molecule has 1 N–H and O–H groups in total. The number of carbonyl (C=O) groups is 2. The summed E-state index contributed by atoms with van der Waals surface area (Å²) >= 11 is 0. The first-order valence-corrected chi connectivity index (χ1v) is 6.67. The molecule has 0 aliphatic rings. The molecule has 0 amide bonds. The van der Waals surface area contributed by atoms with Crippen molar-refractivity contribution in [1.29, 1.82) is 0 Å². The van der Waals surface area contributed by atoms with Gasteiger partial charge in [0.25, 0.3) is 0 Å². The van der Waals surface area contributed by atoms with Gasteiger partial charge in [0.1, 0.15) is 0 Å². The lowest BCUT2D eigenvalue weighted by Crippen LogP contribution is -2.22. The molecular formula is C15H17F2NO4. The number of esters is 2. The SMILES string of the molecule is CCOC(=O)C(C(=O)OCC)=C(C)Nc1ccc(F)c(F)c1. The summed E-state index contributed by atoms with van der Waals surface area (Å²) in [7, 11) is 0. The Bertz CT molecular complexity index is 579. The third kappa shape index (κ3) is 4.54. The van der Waals surface area contributed by atoms with Gasteiger partial charge in [0.05, 0.1) is 13.2 Å². The molecule has 120 valence electrons. The fourth-order valence-corrected chi connectivity index (χ4v) is 1.65. The maximum absolute atomic E-state index is 13.2. The van der Waals surface area contributed by atoms with Gasteiger partial charge in [-0.05, 0) is 32.9 Å². The van der Waals surface area contributed by atoms with Crippen LogP contribution in [0.3, 0.4) is 0 Å². The number of carbonyl (C=O) groups excluding carboxylic acids is 2. The van der Waals surface area contributed by atoms with Crippen molar-refractivity contribution in [3.05, 3.63) is 41.1 Å². The lowest BCUT2D eigenvalue weighted by molar-refractivity contribution is -0.146. The van der Waals surface area contributed by atoms with Crippen molar-refractivity contribution in [2.24, 2.45) is 0 Å². The van der Waals surface area contributed by atoms with E-state index >= 15 is 0 Å². The molecule has 7 heteroatoms. The predicted octanol–water partition coefficient (Wildman–Crippen LogP) is 2.78. The fourth-order valence-electron chi connectivity index (χ4n) is 1.65. The molecule has 0 aromatic heterocycles. The third-order valence-corrected chi connectivity index (χ3v) is 2.59. The van der Waals surface area contributed by atoms with Gasteiger partial charge < -0.3 is 14.8 Å². The van der Waals surface area contributed by atoms with Gasteiger partial charge in [0, 0.05) is 17.5 Å². The first-order chi connectivity index (χ1) is 10.4. The maximum atomic E-state index is 13.2. The Morgan fingerprint density at radius 1 is 1.05 bits per heavy atom. The Morgan fingerprint density at radius 3 is 2.05 bits per heavy atom. The number of hydrogen-bond acceptors (Lipinski definition) is 5. The van der Waals surface area contributed by atoms with Crippen LogP contribution in [0.25, 0.3) is 0 Å². The lowest BCUT2D eigenvalue weighted by atomic mass is 10.2. The summed E-state index contributed by atoms with van der Waals surface area (Å²) < 4.78 is 35.7. The van der Waals surface area contributed by atoms with E-state index in [9.17, 15) is 18.4 Å². The number of rotatable bonds is 6. The summed E-state index contributed by atoms with van der Waals surface area (Å²) in [5, 5.41) is 2.66. The normalized spacial score (nSPS) is 9.86. The number of nitrogens with one attached hydrogen (secondary N) is 1. The molecule has 1 aromatic carbocycles. The van der Waals surface area contributed by atoms with Crippen LogP contribution < -0.4 is 5.32 Å². The Kier molecular flexibility index (Phi) is 6.49. The van der Waals surface area contributed by atoms with Gasteiger partial charge in [-0.1, -0.05) is 0 Å². The van der Waals surface area contributed by atoms with Crippen LogP contribution in [0.5, 0.6) is 0 Å². The molecule has 22 heavy (non-hydrogen) atoms. The summed E-state index contributed by atoms with van der Waals surface area (Å²) in [5.74, 6) is -3.75. The zero-order valence-electron chi connectivity index (χ0n) is 12.5. The summed E-state index contributed by atoms with van der Waals surface area (Å²) in [5.41, 5.74) is -0.0289. The predicted molar refractivity (Wildman–Crippen MR) is 75.9 cm³/mol. The zero-order valence-corrected chi connectivity index (χ0v) is 12.5. The van der Waals surface area contributed by atoms with E-state index in [1.807, 2.05) is 0 Å². The van der Waals surface area contributed by atoms with Gasteiger partial charge in [0.15, 0.2) is 17.2 Å². The van der Waals surface area contributed by atoms with Crippen molar-refractivity contribution < 1.29 is 27.8 Å². The third-order valence-electron chi connectivity index (χ3n) is 2.59. The topological polar surface area (TPSA) is 64.6 Å². The largest absolute Gasteiger partial charge is 0.462 e. The van der Waals surface area contributed by atoms with Crippen LogP contribution in [0.1, 0.15) is 20.8 Å². The monoisotopic (exact) mass is 313 g/mol. The van der Waals surface area contributed by atoms with E-state index in [1.54, 1.807) is 13.8 Å². The van der Waals surface area contributed by atoms with Crippen molar-refractivity contribution >= 4 is 17.6 Å². The number of halogens is 2. The molecule has 0 bridgehead atoms. The van der Waals surface area contributed by atoms with E-state index in [0.29, 0.717) is 0 Å². The van der Waals surface area contributed by atoms with Gasteiger partial charge in [-0.3, -0.25) is 0 Å². The van der Waals surface area contributed by atoms with Gasteiger partial charge in [-0.2, -0.15) is 0 Å². The number of benzene rings is 1. The van der Waals surface area contributed by atoms with Crippen LogP contribution in [-0.2, 0) is 19.1 Å². The van der Waals surface area contributed by atoms with E-state index < -0.39 is 23.6 Å². The van der Waals surface area contributed by atoms with Crippen molar-refractivity contribution in [2.45, 2.75) is 20.8 Å². The van der Waals surface area contributed by atoms with Gasteiger partial charge >= 0.3 is 11.9 Å². The molecule has 0 spiro atoms. The second-order valence-corrected chi connectivity index (χ2v) is 4.19. The Balaban J connectivity index is 3.11. The summed E-state index contributed by atoms with van der Waals surface area (Å²) in [4.78, 5) is 23.7. The standard InChI is InChI=1S/C15H17F2NO4/c1-4-21-14(19)13(15(20)22-5-2)9(3)18-10-6-7-11(16)12(17)8-10/h6-8,18H,4-5H2,1-3H3. The fraction of sp³-hybridized carbons (Fsp3) is 0.333. The van der Waals surface area contributed by atoms with E-state index in [-0.39, 0.29) is 30.2 Å². The molecule has 0 saturated carbocycles. The summed E-state index contributed by atoms with van der Waals surface area (Å²) in [6.45, 7) is 4.79. The van der Waals surface area contributed by atoms with Crippen LogP contribution in [0.2, 0.25) is 0 Å². The van der Waals surface area contributed by atoms with Crippen LogP contribution in [0.15, 0.2) is 29.5 Å². The van der Waals surface area contributed by atoms with Gasteiger partial charge in [-0.15, -0.1) is 0 Å². The minimum atomic E-state index is -1.05. The molecule has 0 heterocycles. The van der Waals surface area contributed by atoms with Crippen molar-refractivity contribution in [3.63, 3.8) is 0 Å². The molecule has 0 aliphatic carbocycles. The summed E-state index contributed by atoms with van der Waals surface area (Å²) in [6.07, 6.45) is 0. The minimum absolute atomic E-state index is 0.0835. The Labute approximate surface area is 126 Å². The summed E-state index contributed by atoms with van der Waals surface area (Å²) in [6, 6.07) is 3.11. The molecule has 0 aliphatic heterocycles. The Hall–Kier alpha value is -2.44. The number of hydrogen-bond donors (Lipinski definition) is 1. The molecule has 0 saturated heterocycles. The molecule has 1 aromatic rings. The molecule has 5 nitrogen and oxygen atoms in total. The van der Waals surface area contributed by atoms with Gasteiger partial charge in [0.2, 0.25) is 0 Å². The van der Waals surface area contributed by atoms with Crippen LogP contribution >= 0.6 is 0 Å². The lowest BCUT2D eigenvalue weighted by Gasteiger charge is -2.12. The highest BCUT2D eigenvalue weighted by Crippen LogP contribution is 2.17. The highest BCUT2D eigenvalue weighted by molar-refractivity contribution is 6.15. The molecule has 0 fully saturated rings. The smallest absolute Gasteiger partial charge is 0.347 e. The van der Waals surface area contributed by atoms with Crippen molar-refractivity contribution in [2.75, 3.05) is 18.5 Å². The second kappa shape index (κ2) is 8.11. The second-order valence-electron chi connectivity index (χ2n) is 4.19. The first kappa shape index (κ1) is 17.6. The average molecular weight is 313 g/mol. The van der Waals surface area contributed by atoms with E-state index in [2.05, 4.69) is 5.32 Å². The van der Waals surface area contributed by atoms with Gasteiger partial charge in [-0.25, -0.2) is 18.4 Å². The zero-order chi connectivity index (χ0) is 16.7. The van der Waals surface area contributed by atoms with Crippen LogP contribution in [-0.4, -0.2) is 25.2 Å².